The molecule has 5 nitrogen and oxygen atoms in total. The number of carbonyl (C=O) groups is 1. The summed E-state index contributed by atoms with van der Waals surface area (Å²) in [6.45, 7) is 1.68. The van der Waals surface area contributed by atoms with Gasteiger partial charge >= 0.3 is 5.97 Å². The number of nitrogens with zero attached hydrogens (tertiary/aromatic N) is 2. The van der Waals surface area contributed by atoms with Gasteiger partial charge in [0.25, 0.3) is 0 Å². The molecule has 0 atom stereocenters. The van der Waals surface area contributed by atoms with Gasteiger partial charge in [-0.3, -0.25) is 0 Å². The quantitative estimate of drug-likeness (QED) is 0.802. The van der Waals surface area contributed by atoms with Crippen LogP contribution in [0.2, 0.25) is 0 Å². The van der Waals surface area contributed by atoms with Crippen LogP contribution in [0.1, 0.15) is 16.2 Å². The van der Waals surface area contributed by atoms with Crippen molar-refractivity contribution in [1.29, 1.82) is 0 Å². The smallest absolute Gasteiger partial charge is 0.356 e. The Balaban J connectivity index is 2.49. The number of hydrogen-bond donors (Lipinski definition) is 2. The van der Waals surface area contributed by atoms with Gasteiger partial charge in [-0.1, -0.05) is 0 Å². The summed E-state index contributed by atoms with van der Waals surface area (Å²) in [6, 6.07) is 6.45. The molecule has 0 aliphatic heterocycles. The maximum atomic E-state index is 10.8. The Labute approximate surface area is 91.6 Å². The third kappa shape index (κ3) is 1.63. The molecule has 0 bridgehead atoms. The molecule has 0 saturated carbocycles. The van der Waals surface area contributed by atoms with Gasteiger partial charge in [-0.15, -0.1) is 0 Å². The summed E-state index contributed by atoms with van der Waals surface area (Å²) in [7, 11) is 0. The zero-order valence-electron chi connectivity index (χ0n) is 8.58. The van der Waals surface area contributed by atoms with Crippen molar-refractivity contribution in [2.45, 2.75) is 6.92 Å². The van der Waals surface area contributed by atoms with Crippen molar-refractivity contribution < 1.29 is 15.0 Å². The number of phenolic OH excluding ortho intramolecular Hbond substituents is 1. The zero-order chi connectivity index (χ0) is 11.7. The van der Waals surface area contributed by atoms with Crippen molar-refractivity contribution in [1.82, 2.24) is 9.55 Å². The summed E-state index contributed by atoms with van der Waals surface area (Å²) in [5, 5.41) is 18.0. The van der Waals surface area contributed by atoms with Gasteiger partial charge in [-0.2, -0.15) is 0 Å². The third-order valence-electron chi connectivity index (χ3n) is 2.34. The fourth-order valence-corrected chi connectivity index (χ4v) is 1.49. The molecule has 0 amide bonds. The second-order valence-corrected chi connectivity index (χ2v) is 3.37. The van der Waals surface area contributed by atoms with E-state index in [1.54, 1.807) is 23.6 Å². The fourth-order valence-electron chi connectivity index (χ4n) is 1.49. The summed E-state index contributed by atoms with van der Waals surface area (Å²) in [6.07, 6.45) is 1.45. The molecule has 1 heterocycles. The average Bonchev–Trinajstić information content (AvgIpc) is 2.61. The van der Waals surface area contributed by atoms with Crippen LogP contribution in [-0.4, -0.2) is 25.7 Å². The first-order valence-corrected chi connectivity index (χ1v) is 4.66. The summed E-state index contributed by atoms with van der Waals surface area (Å²) < 4.78 is 1.66. The van der Waals surface area contributed by atoms with E-state index in [1.807, 2.05) is 0 Å². The van der Waals surface area contributed by atoms with Crippen LogP contribution >= 0.6 is 0 Å². The summed E-state index contributed by atoms with van der Waals surface area (Å²) in [5.41, 5.74) is 1.35. The second kappa shape index (κ2) is 3.69. The molecule has 0 saturated heterocycles. The van der Waals surface area contributed by atoms with Crippen LogP contribution in [-0.2, 0) is 0 Å². The number of rotatable bonds is 2. The Bertz CT molecular complexity index is 529. The molecule has 0 aliphatic rings. The Morgan fingerprint density at radius 2 is 1.94 bits per heavy atom. The van der Waals surface area contributed by atoms with Gasteiger partial charge in [0, 0.05) is 5.69 Å². The Morgan fingerprint density at radius 1 is 1.31 bits per heavy atom. The van der Waals surface area contributed by atoms with E-state index >= 15 is 0 Å². The number of benzene rings is 1. The number of aromatic carboxylic acids is 1. The standard InChI is InChI=1S/C11H10N2O3/c1-7-10(11(15)16)12-6-13(7)8-2-4-9(14)5-3-8/h2-6,14H,1H3,(H,15,16). The first kappa shape index (κ1) is 10.2. The van der Waals surface area contributed by atoms with Crippen LogP contribution < -0.4 is 0 Å². The topological polar surface area (TPSA) is 75.3 Å². The number of hydrogen-bond acceptors (Lipinski definition) is 3. The largest absolute Gasteiger partial charge is 0.508 e. The highest BCUT2D eigenvalue weighted by atomic mass is 16.4. The summed E-state index contributed by atoms with van der Waals surface area (Å²) in [4.78, 5) is 14.6. The number of aromatic nitrogens is 2. The minimum Gasteiger partial charge on any atom is -0.508 e. The Morgan fingerprint density at radius 3 is 2.44 bits per heavy atom. The van der Waals surface area contributed by atoms with Gasteiger partial charge in [0.15, 0.2) is 5.69 Å². The van der Waals surface area contributed by atoms with Gasteiger partial charge in [0.2, 0.25) is 0 Å². The molecule has 0 unspecified atom stereocenters. The molecule has 0 spiro atoms. The minimum absolute atomic E-state index is 0.0353. The van der Waals surface area contributed by atoms with Crippen molar-refractivity contribution >= 4 is 5.97 Å². The molecule has 1 aromatic heterocycles. The van der Waals surface area contributed by atoms with Crippen molar-refractivity contribution in [3.63, 3.8) is 0 Å². The number of phenols is 1. The van der Waals surface area contributed by atoms with Crippen LogP contribution in [0.25, 0.3) is 5.69 Å². The van der Waals surface area contributed by atoms with Crippen molar-refractivity contribution in [2.75, 3.05) is 0 Å². The third-order valence-corrected chi connectivity index (χ3v) is 2.34. The molecular formula is C11H10N2O3. The molecule has 0 radical (unpaired) electrons. The Kier molecular flexibility index (Phi) is 2.36. The SMILES string of the molecule is Cc1c(C(=O)O)ncn1-c1ccc(O)cc1. The number of imidazole rings is 1. The lowest BCUT2D eigenvalue weighted by molar-refractivity contribution is 0.0690. The van der Waals surface area contributed by atoms with E-state index in [0.717, 1.165) is 5.69 Å². The van der Waals surface area contributed by atoms with Gasteiger partial charge in [0.05, 0.1) is 5.69 Å². The molecule has 5 heteroatoms. The van der Waals surface area contributed by atoms with Crippen LogP contribution in [0.4, 0.5) is 0 Å². The lowest BCUT2D eigenvalue weighted by Crippen LogP contribution is -2.01. The van der Waals surface area contributed by atoms with E-state index in [9.17, 15) is 4.79 Å². The predicted octanol–water partition coefficient (Wildman–Crippen LogP) is 1.58. The summed E-state index contributed by atoms with van der Waals surface area (Å²) >= 11 is 0. The van der Waals surface area contributed by atoms with E-state index in [4.69, 9.17) is 10.2 Å². The van der Waals surface area contributed by atoms with Crippen LogP contribution in [0, 0.1) is 6.92 Å². The first-order chi connectivity index (χ1) is 7.59. The number of aromatic hydroxyl groups is 1. The minimum atomic E-state index is -1.05. The molecule has 2 rings (SSSR count). The Hall–Kier alpha value is -2.30. The van der Waals surface area contributed by atoms with Gasteiger partial charge < -0.3 is 14.8 Å². The average molecular weight is 218 g/mol. The fraction of sp³-hybridized carbons (Fsp3) is 0.0909. The number of carboxylic acids is 1. The highest BCUT2D eigenvalue weighted by Gasteiger charge is 2.13. The van der Waals surface area contributed by atoms with Gasteiger partial charge in [0.1, 0.15) is 12.1 Å². The van der Waals surface area contributed by atoms with Crippen molar-refractivity contribution in [3.8, 4) is 11.4 Å². The molecular weight excluding hydrogens is 208 g/mol. The van der Waals surface area contributed by atoms with E-state index in [0.29, 0.717) is 5.69 Å². The molecule has 0 aliphatic carbocycles. The first-order valence-electron chi connectivity index (χ1n) is 4.66. The highest BCUT2D eigenvalue weighted by Crippen LogP contribution is 2.17. The monoisotopic (exact) mass is 218 g/mol. The highest BCUT2D eigenvalue weighted by molar-refractivity contribution is 5.86. The maximum Gasteiger partial charge on any atom is 0.356 e. The molecule has 2 aromatic rings. The van der Waals surface area contributed by atoms with Gasteiger partial charge in [-0.05, 0) is 31.2 Å². The van der Waals surface area contributed by atoms with E-state index in [2.05, 4.69) is 4.98 Å². The van der Waals surface area contributed by atoms with E-state index < -0.39 is 5.97 Å². The molecule has 16 heavy (non-hydrogen) atoms. The summed E-state index contributed by atoms with van der Waals surface area (Å²) in [5.74, 6) is -0.880. The van der Waals surface area contributed by atoms with E-state index in [-0.39, 0.29) is 11.4 Å². The lowest BCUT2D eigenvalue weighted by atomic mass is 10.3. The second-order valence-electron chi connectivity index (χ2n) is 3.37. The number of carboxylic acid groups (broad SMARTS) is 1. The zero-order valence-corrected chi connectivity index (χ0v) is 8.58. The molecule has 2 N–H and O–H groups in total. The normalized spacial score (nSPS) is 10.3. The van der Waals surface area contributed by atoms with Crippen molar-refractivity contribution in [2.24, 2.45) is 0 Å². The van der Waals surface area contributed by atoms with Crippen molar-refractivity contribution in [3.05, 3.63) is 42.0 Å². The molecule has 82 valence electrons. The predicted molar refractivity (Wildman–Crippen MR) is 56.9 cm³/mol. The lowest BCUT2D eigenvalue weighted by Gasteiger charge is -2.04. The van der Waals surface area contributed by atoms with Crippen LogP contribution in [0.5, 0.6) is 5.75 Å². The maximum absolute atomic E-state index is 10.8. The van der Waals surface area contributed by atoms with E-state index in [1.165, 1.54) is 18.5 Å². The van der Waals surface area contributed by atoms with Crippen LogP contribution in [0.3, 0.4) is 0 Å². The van der Waals surface area contributed by atoms with Crippen LogP contribution in [0.15, 0.2) is 30.6 Å². The molecule has 1 aromatic carbocycles. The van der Waals surface area contributed by atoms with Gasteiger partial charge in [-0.25, -0.2) is 9.78 Å². The molecule has 0 fully saturated rings.